The Morgan fingerprint density at radius 3 is 2.66 bits per heavy atom. The van der Waals surface area contributed by atoms with E-state index in [1.54, 1.807) is 42.5 Å². The molecule has 3 N–H and O–H groups in total. The lowest BCUT2D eigenvalue weighted by atomic mass is 9.98. The van der Waals surface area contributed by atoms with Crippen molar-refractivity contribution in [1.82, 2.24) is 20.2 Å². The van der Waals surface area contributed by atoms with Gasteiger partial charge >= 0.3 is 6.09 Å². The zero-order valence-electron chi connectivity index (χ0n) is 18.5. The van der Waals surface area contributed by atoms with Crippen molar-refractivity contribution < 1.29 is 14.3 Å². The van der Waals surface area contributed by atoms with Gasteiger partial charge in [0.25, 0.3) is 5.56 Å². The molecule has 1 fully saturated rings. The first-order valence-corrected chi connectivity index (χ1v) is 11.2. The molecule has 0 spiro atoms. The summed E-state index contributed by atoms with van der Waals surface area (Å²) >= 11 is 0. The van der Waals surface area contributed by atoms with Gasteiger partial charge < -0.3 is 10.1 Å². The van der Waals surface area contributed by atoms with E-state index in [-0.39, 0.29) is 23.4 Å². The average Bonchev–Trinajstić information content (AvgIpc) is 3.59. The fourth-order valence-electron chi connectivity index (χ4n) is 4.43. The van der Waals surface area contributed by atoms with E-state index in [1.165, 1.54) is 11.0 Å². The summed E-state index contributed by atoms with van der Waals surface area (Å²) in [5.74, 6) is -0.106. The van der Waals surface area contributed by atoms with E-state index in [0.29, 0.717) is 39.7 Å². The van der Waals surface area contributed by atoms with Crippen molar-refractivity contribution in [1.29, 1.82) is 0 Å². The molecule has 35 heavy (non-hydrogen) atoms. The van der Waals surface area contributed by atoms with Gasteiger partial charge in [-0.3, -0.25) is 4.79 Å². The molecule has 1 aliphatic carbocycles. The van der Waals surface area contributed by atoms with Crippen molar-refractivity contribution in [2.24, 2.45) is 0 Å². The summed E-state index contributed by atoms with van der Waals surface area (Å²) in [6.45, 7) is 0. The van der Waals surface area contributed by atoms with Crippen LogP contribution in [0.5, 0.6) is 0 Å². The first-order chi connectivity index (χ1) is 17.0. The molecule has 1 saturated carbocycles. The van der Waals surface area contributed by atoms with Crippen molar-refractivity contribution in [3.05, 3.63) is 88.1 Å². The van der Waals surface area contributed by atoms with Gasteiger partial charge in [-0.05, 0) is 54.3 Å². The third-order valence-corrected chi connectivity index (χ3v) is 6.31. The molecule has 5 aromatic rings. The molecule has 0 saturated heterocycles. The van der Waals surface area contributed by atoms with Crippen molar-refractivity contribution in [3.8, 4) is 11.1 Å². The second-order valence-corrected chi connectivity index (χ2v) is 8.71. The Hall–Kier alpha value is -4.53. The van der Waals surface area contributed by atoms with Crippen molar-refractivity contribution in [2.75, 3.05) is 4.90 Å². The number of amides is 1. The Bertz CT molecular complexity index is 1670. The largest absolute Gasteiger partial charge is 0.465 e. The summed E-state index contributed by atoms with van der Waals surface area (Å²) < 4.78 is 14.9. The summed E-state index contributed by atoms with van der Waals surface area (Å²) in [5, 5.41) is 17.6. The van der Waals surface area contributed by atoms with Crippen LogP contribution >= 0.6 is 0 Å². The summed E-state index contributed by atoms with van der Waals surface area (Å²) in [7, 11) is 0. The maximum atomic E-state index is 14.9. The number of aromatic amines is 2. The van der Waals surface area contributed by atoms with Crippen LogP contribution in [0.3, 0.4) is 0 Å². The van der Waals surface area contributed by atoms with Crippen LogP contribution in [0.1, 0.15) is 24.1 Å². The van der Waals surface area contributed by atoms with E-state index in [1.807, 2.05) is 12.1 Å². The minimum Gasteiger partial charge on any atom is -0.465 e. The number of aromatic nitrogens is 4. The van der Waals surface area contributed by atoms with Gasteiger partial charge in [-0.25, -0.2) is 24.2 Å². The molecule has 6 rings (SSSR count). The molecule has 9 heteroatoms. The van der Waals surface area contributed by atoms with Gasteiger partial charge in [0.1, 0.15) is 5.82 Å². The van der Waals surface area contributed by atoms with Crippen LogP contribution < -0.4 is 10.5 Å². The third kappa shape index (κ3) is 3.80. The van der Waals surface area contributed by atoms with Crippen LogP contribution in [0.25, 0.3) is 32.9 Å². The SMILES string of the molecule is O=C(O)N(c1nc2cc(-c3cc(Cc4n[nH]c(=O)c5ccccc45)ccc3F)ccc2[nH]1)C1CC1. The first kappa shape index (κ1) is 21.0. The number of carbonyl (C=O) groups is 1. The molecular weight excluding hydrogens is 449 g/mol. The number of rotatable bonds is 5. The molecule has 0 bridgehead atoms. The van der Waals surface area contributed by atoms with Gasteiger partial charge in [0.15, 0.2) is 0 Å². The molecule has 8 nitrogen and oxygen atoms in total. The number of nitrogens with one attached hydrogen (secondary N) is 2. The number of halogens is 1. The first-order valence-electron chi connectivity index (χ1n) is 11.2. The fourth-order valence-corrected chi connectivity index (χ4v) is 4.43. The quantitative estimate of drug-likeness (QED) is 0.341. The van der Waals surface area contributed by atoms with Gasteiger partial charge in [0.05, 0.1) is 22.1 Å². The molecule has 1 aliphatic rings. The molecule has 0 unspecified atom stereocenters. The molecular formula is C26H20FN5O3. The van der Waals surface area contributed by atoms with E-state index in [0.717, 1.165) is 23.8 Å². The van der Waals surface area contributed by atoms with Gasteiger partial charge in [-0.2, -0.15) is 5.10 Å². The molecule has 0 atom stereocenters. The van der Waals surface area contributed by atoms with E-state index >= 15 is 0 Å². The second-order valence-electron chi connectivity index (χ2n) is 8.71. The number of hydrogen-bond donors (Lipinski definition) is 3. The Labute approximate surface area is 198 Å². The Morgan fingerprint density at radius 2 is 1.89 bits per heavy atom. The molecule has 174 valence electrons. The molecule has 0 aliphatic heterocycles. The van der Waals surface area contributed by atoms with Crippen LogP contribution in [-0.4, -0.2) is 37.4 Å². The molecule has 1 amide bonds. The van der Waals surface area contributed by atoms with Gasteiger partial charge in [-0.1, -0.05) is 30.3 Å². The number of imidazole rings is 1. The number of hydrogen-bond acceptors (Lipinski definition) is 4. The topological polar surface area (TPSA) is 115 Å². The molecule has 3 aromatic carbocycles. The lowest BCUT2D eigenvalue weighted by Crippen LogP contribution is -2.32. The highest BCUT2D eigenvalue weighted by molar-refractivity contribution is 5.90. The summed E-state index contributed by atoms with van der Waals surface area (Å²) in [4.78, 5) is 32.5. The smallest absolute Gasteiger partial charge is 0.414 e. The van der Waals surface area contributed by atoms with Gasteiger partial charge in [0.2, 0.25) is 5.95 Å². The average molecular weight is 469 g/mol. The Morgan fingerprint density at radius 1 is 1.09 bits per heavy atom. The maximum Gasteiger partial charge on any atom is 0.414 e. The lowest BCUT2D eigenvalue weighted by Gasteiger charge is -2.14. The zero-order chi connectivity index (χ0) is 24.1. The number of nitrogens with zero attached hydrogens (tertiary/aromatic N) is 3. The monoisotopic (exact) mass is 469 g/mol. The Kier molecular flexibility index (Phi) is 4.84. The number of anilines is 1. The normalized spacial score (nSPS) is 13.4. The molecule has 2 heterocycles. The molecule has 2 aromatic heterocycles. The summed E-state index contributed by atoms with van der Waals surface area (Å²) in [6, 6.07) is 17.4. The predicted octanol–water partition coefficient (Wildman–Crippen LogP) is 4.84. The second kappa shape index (κ2) is 8.05. The minimum atomic E-state index is -1.05. The number of fused-ring (bicyclic) bond motifs is 2. The van der Waals surface area contributed by atoms with Crippen molar-refractivity contribution >= 4 is 33.8 Å². The highest BCUT2D eigenvalue weighted by Crippen LogP contribution is 2.33. The van der Waals surface area contributed by atoms with Gasteiger partial charge in [-0.15, -0.1) is 0 Å². The van der Waals surface area contributed by atoms with E-state index in [4.69, 9.17) is 0 Å². The van der Waals surface area contributed by atoms with Crippen LogP contribution in [0.15, 0.2) is 65.5 Å². The summed E-state index contributed by atoms with van der Waals surface area (Å²) in [6.07, 6.45) is 0.987. The van der Waals surface area contributed by atoms with Crippen molar-refractivity contribution in [2.45, 2.75) is 25.3 Å². The predicted molar refractivity (Wildman–Crippen MR) is 130 cm³/mol. The number of benzene rings is 3. The minimum absolute atomic E-state index is 0.0562. The van der Waals surface area contributed by atoms with Crippen LogP contribution in [0.2, 0.25) is 0 Å². The number of carboxylic acid groups (broad SMARTS) is 1. The van der Waals surface area contributed by atoms with Gasteiger partial charge in [0, 0.05) is 23.4 Å². The highest BCUT2D eigenvalue weighted by atomic mass is 19.1. The fraction of sp³-hybridized carbons (Fsp3) is 0.154. The lowest BCUT2D eigenvalue weighted by molar-refractivity contribution is 0.201. The zero-order valence-corrected chi connectivity index (χ0v) is 18.5. The third-order valence-electron chi connectivity index (χ3n) is 6.31. The maximum absolute atomic E-state index is 14.9. The van der Waals surface area contributed by atoms with E-state index < -0.39 is 6.09 Å². The van der Waals surface area contributed by atoms with Crippen molar-refractivity contribution in [3.63, 3.8) is 0 Å². The van der Waals surface area contributed by atoms with E-state index in [2.05, 4.69) is 20.2 Å². The summed E-state index contributed by atoms with van der Waals surface area (Å²) in [5.41, 5.74) is 3.54. The standard InChI is InChI=1S/C26H20FN5O3/c27-20-9-5-14(12-22-17-3-1-2-4-18(17)24(33)31-30-22)11-19(20)15-6-10-21-23(13-15)29-25(28-21)32(26(34)35)16-7-8-16/h1-6,9-11,13,16H,7-8,12H2,(H,28,29)(H,31,33)(H,34,35). The van der Waals surface area contributed by atoms with Crippen LogP contribution in [0, 0.1) is 5.82 Å². The Balaban J connectivity index is 1.36. The van der Waals surface area contributed by atoms with Crippen LogP contribution in [0.4, 0.5) is 15.1 Å². The highest BCUT2D eigenvalue weighted by Gasteiger charge is 2.35. The van der Waals surface area contributed by atoms with Crippen LogP contribution in [-0.2, 0) is 6.42 Å². The molecule has 0 radical (unpaired) electrons. The number of H-pyrrole nitrogens is 2. The van der Waals surface area contributed by atoms with E-state index in [9.17, 15) is 19.1 Å².